The zero-order chi connectivity index (χ0) is 21.7. The minimum absolute atomic E-state index is 0. The van der Waals surface area contributed by atoms with E-state index in [1.165, 1.54) is 35.6 Å². The molecular formula is C21H25ClN4O3S2. The lowest BCUT2D eigenvalue weighted by Gasteiger charge is -2.24. The van der Waals surface area contributed by atoms with Crippen molar-refractivity contribution in [3.8, 4) is 0 Å². The number of amides is 1. The number of fused-ring (bicyclic) bond motifs is 1. The molecule has 3 aromatic rings. The van der Waals surface area contributed by atoms with Crippen LogP contribution in [0.2, 0.25) is 0 Å². The fourth-order valence-electron chi connectivity index (χ4n) is 3.08. The molecule has 10 heteroatoms. The van der Waals surface area contributed by atoms with E-state index in [-0.39, 0.29) is 24.0 Å². The highest BCUT2D eigenvalue weighted by Crippen LogP contribution is 2.32. The first-order valence-electron chi connectivity index (χ1n) is 9.70. The summed E-state index contributed by atoms with van der Waals surface area (Å²) >= 11 is 3.15. The van der Waals surface area contributed by atoms with E-state index in [9.17, 15) is 14.9 Å². The van der Waals surface area contributed by atoms with Gasteiger partial charge in [0.1, 0.15) is 0 Å². The number of carbonyl (C=O) groups excluding carboxylic acids is 1. The molecule has 0 fully saturated rings. The van der Waals surface area contributed by atoms with Gasteiger partial charge in [0.15, 0.2) is 5.13 Å². The molecule has 2 aromatic carbocycles. The number of non-ortho nitro benzene ring substituents is 1. The Labute approximate surface area is 196 Å². The minimum Gasteiger partial charge on any atom is -0.302 e. The summed E-state index contributed by atoms with van der Waals surface area (Å²) in [6, 6.07) is 11.8. The van der Waals surface area contributed by atoms with E-state index in [1.807, 2.05) is 18.4 Å². The van der Waals surface area contributed by atoms with Crippen LogP contribution in [0.4, 0.5) is 10.8 Å². The van der Waals surface area contributed by atoms with Crippen molar-refractivity contribution in [1.82, 2.24) is 9.88 Å². The number of aromatic nitrogens is 1. The molecule has 1 heterocycles. The molecule has 0 N–H and O–H groups in total. The predicted molar refractivity (Wildman–Crippen MR) is 131 cm³/mol. The standard InChI is InChI=1S/C21H24N4O3S2.ClH/c1-4-23(5-2)12-13-24(20(26)15-6-8-16(9-7-15)25(27)28)21-22-18-11-10-17(29-3)14-19(18)30-21;/h6-11,14H,4-5,12-13H2,1-3H3;1H. The average Bonchev–Trinajstić information content (AvgIpc) is 3.19. The number of rotatable bonds is 9. The normalized spacial score (nSPS) is 10.8. The number of nitrogens with zero attached hydrogens (tertiary/aromatic N) is 4. The third-order valence-corrected chi connectivity index (χ3v) is 6.69. The number of nitro benzene ring substituents is 1. The molecule has 0 bridgehead atoms. The van der Waals surface area contributed by atoms with Crippen molar-refractivity contribution in [2.75, 3.05) is 37.3 Å². The van der Waals surface area contributed by atoms with E-state index in [1.54, 1.807) is 16.7 Å². The molecule has 0 saturated heterocycles. The van der Waals surface area contributed by atoms with E-state index >= 15 is 0 Å². The van der Waals surface area contributed by atoms with Crippen LogP contribution in [0.15, 0.2) is 47.4 Å². The highest BCUT2D eigenvalue weighted by atomic mass is 35.5. The summed E-state index contributed by atoms with van der Waals surface area (Å²) in [7, 11) is 0. The number of hydrogen-bond acceptors (Lipinski definition) is 7. The summed E-state index contributed by atoms with van der Waals surface area (Å²) < 4.78 is 1.03. The molecule has 31 heavy (non-hydrogen) atoms. The monoisotopic (exact) mass is 480 g/mol. The third kappa shape index (κ3) is 5.94. The fraction of sp³-hybridized carbons (Fsp3) is 0.333. The van der Waals surface area contributed by atoms with Gasteiger partial charge in [0, 0.05) is 35.7 Å². The topological polar surface area (TPSA) is 79.6 Å². The van der Waals surface area contributed by atoms with Crippen LogP contribution in [0, 0.1) is 10.1 Å². The predicted octanol–water partition coefficient (Wildman–Crippen LogP) is 5.34. The second-order valence-electron chi connectivity index (χ2n) is 6.62. The number of thiazole rings is 1. The Morgan fingerprint density at radius 3 is 2.39 bits per heavy atom. The molecule has 166 valence electrons. The van der Waals surface area contributed by atoms with Gasteiger partial charge in [-0.15, -0.1) is 24.2 Å². The van der Waals surface area contributed by atoms with Crippen molar-refractivity contribution in [2.45, 2.75) is 18.7 Å². The van der Waals surface area contributed by atoms with E-state index in [0.29, 0.717) is 17.2 Å². The Balaban J connectivity index is 0.00000341. The van der Waals surface area contributed by atoms with Gasteiger partial charge in [0.2, 0.25) is 0 Å². The van der Waals surface area contributed by atoms with Crippen molar-refractivity contribution >= 4 is 62.4 Å². The molecule has 0 spiro atoms. The molecule has 0 unspecified atom stereocenters. The van der Waals surface area contributed by atoms with Crippen molar-refractivity contribution in [1.29, 1.82) is 0 Å². The zero-order valence-corrected chi connectivity index (χ0v) is 20.1. The molecule has 0 aliphatic carbocycles. The molecule has 0 aliphatic heterocycles. The van der Waals surface area contributed by atoms with Crippen LogP contribution in [0.25, 0.3) is 10.2 Å². The Morgan fingerprint density at radius 2 is 1.81 bits per heavy atom. The van der Waals surface area contributed by atoms with Crippen molar-refractivity contribution in [3.63, 3.8) is 0 Å². The Kier molecular flexibility index (Phi) is 9.24. The lowest BCUT2D eigenvalue weighted by atomic mass is 10.2. The van der Waals surface area contributed by atoms with Gasteiger partial charge < -0.3 is 4.90 Å². The van der Waals surface area contributed by atoms with Crippen LogP contribution in [0.1, 0.15) is 24.2 Å². The second kappa shape index (κ2) is 11.4. The van der Waals surface area contributed by atoms with E-state index < -0.39 is 4.92 Å². The van der Waals surface area contributed by atoms with Gasteiger partial charge in [0.05, 0.1) is 15.1 Å². The maximum Gasteiger partial charge on any atom is 0.269 e. The van der Waals surface area contributed by atoms with Gasteiger partial charge in [-0.05, 0) is 49.7 Å². The summed E-state index contributed by atoms with van der Waals surface area (Å²) in [5, 5.41) is 11.6. The maximum absolute atomic E-state index is 13.3. The molecule has 0 radical (unpaired) electrons. The lowest BCUT2D eigenvalue weighted by Crippen LogP contribution is -2.38. The number of likely N-dealkylation sites (N-methyl/N-ethyl adjacent to an activating group) is 1. The zero-order valence-electron chi connectivity index (χ0n) is 17.6. The van der Waals surface area contributed by atoms with Crippen molar-refractivity contribution in [3.05, 3.63) is 58.1 Å². The second-order valence-corrected chi connectivity index (χ2v) is 8.51. The molecule has 3 rings (SSSR count). The SMILES string of the molecule is CCN(CC)CCN(C(=O)c1ccc([N+](=O)[O-])cc1)c1nc2ccc(SC)cc2s1.Cl. The molecule has 1 amide bonds. The average molecular weight is 481 g/mol. The van der Waals surface area contributed by atoms with Crippen LogP contribution in [-0.4, -0.2) is 53.1 Å². The van der Waals surface area contributed by atoms with Gasteiger partial charge >= 0.3 is 0 Å². The summed E-state index contributed by atoms with van der Waals surface area (Å²) in [5.74, 6) is -0.207. The number of hydrogen-bond donors (Lipinski definition) is 0. The highest BCUT2D eigenvalue weighted by molar-refractivity contribution is 7.98. The summed E-state index contributed by atoms with van der Waals surface area (Å²) in [4.78, 5) is 33.5. The van der Waals surface area contributed by atoms with Gasteiger partial charge in [-0.25, -0.2) is 4.98 Å². The van der Waals surface area contributed by atoms with Gasteiger partial charge in [-0.2, -0.15) is 0 Å². The van der Waals surface area contributed by atoms with Crippen LogP contribution in [0.3, 0.4) is 0 Å². The summed E-state index contributed by atoms with van der Waals surface area (Å²) in [6.45, 7) is 7.19. The lowest BCUT2D eigenvalue weighted by molar-refractivity contribution is -0.384. The molecule has 7 nitrogen and oxygen atoms in total. The first-order chi connectivity index (χ1) is 14.5. The number of thioether (sulfide) groups is 1. The van der Waals surface area contributed by atoms with Crippen LogP contribution in [0.5, 0.6) is 0 Å². The molecule has 1 aromatic heterocycles. The first-order valence-corrected chi connectivity index (χ1v) is 11.7. The van der Waals surface area contributed by atoms with Crippen molar-refractivity contribution < 1.29 is 9.72 Å². The summed E-state index contributed by atoms with van der Waals surface area (Å²) in [6.07, 6.45) is 2.03. The fourth-order valence-corrected chi connectivity index (χ4v) is 4.63. The first kappa shape index (κ1) is 25.1. The molecule has 0 aliphatic rings. The minimum atomic E-state index is -0.469. The van der Waals surface area contributed by atoms with Gasteiger partial charge in [0.25, 0.3) is 11.6 Å². The Hall–Kier alpha value is -2.20. The smallest absolute Gasteiger partial charge is 0.269 e. The van der Waals surface area contributed by atoms with Gasteiger partial charge in [-0.3, -0.25) is 19.8 Å². The summed E-state index contributed by atoms with van der Waals surface area (Å²) in [5.41, 5.74) is 1.23. The van der Waals surface area contributed by atoms with Crippen LogP contribution in [-0.2, 0) is 0 Å². The van der Waals surface area contributed by atoms with E-state index in [2.05, 4.69) is 24.8 Å². The van der Waals surface area contributed by atoms with E-state index in [4.69, 9.17) is 4.98 Å². The highest BCUT2D eigenvalue weighted by Gasteiger charge is 2.22. The molecule has 0 atom stereocenters. The van der Waals surface area contributed by atoms with Crippen molar-refractivity contribution in [2.24, 2.45) is 0 Å². The Morgan fingerprint density at radius 1 is 1.13 bits per heavy atom. The number of halogens is 1. The van der Waals surface area contributed by atoms with Crippen LogP contribution < -0.4 is 4.90 Å². The van der Waals surface area contributed by atoms with Gasteiger partial charge in [-0.1, -0.05) is 25.2 Å². The van der Waals surface area contributed by atoms with Crippen LogP contribution >= 0.6 is 35.5 Å². The number of anilines is 1. The quantitative estimate of drug-likeness (QED) is 0.234. The maximum atomic E-state index is 13.3. The Bertz CT molecular complexity index is 1040. The molecular weight excluding hydrogens is 456 g/mol. The third-order valence-electron chi connectivity index (χ3n) is 4.92. The molecule has 0 saturated carbocycles. The number of carbonyl (C=O) groups is 1. The number of benzene rings is 2. The largest absolute Gasteiger partial charge is 0.302 e. The van der Waals surface area contributed by atoms with E-state index in [0.717, 1.165) is 34.7 Å². The number of nitro groups is 1.